The number of amides is 1. The molecule has 0 aliphatic rings. The minimum absolute atomic E-state index is 0.224. The zero-order chi connectivity index (χ0) is 15.1. The Morgan fingerprint density at radius 2 is 1.81 bits per heavy atom. The van der Waals surface area contributed by atoms with Crippen molar-refractivity contribution in [2.24, 2.45) is 0 Å². The molecule has 0 heterocycles. The maximum absolute atomic E-state index is 12.7. The monoisotopic (exact) mass is 283 g/mol. The van der Waals surface area contributed by atoms with E-state index in [0.717, 1.165) is 11.3 Å². The molecular formula is C17H14FNO2. The highest BCUT2D eigenvalue weighted by molar-refractivity contribution is 5.94. The minimum Gasteiger partial charge on any atom is -0.497 e. The van der Waals surface area contributed by atoms with Crippen molar-refractivity contribution in [3.05, 3.63) is 65.5 Å². The van der Waals surface area contributed by atoms with Crippen molar-refractivity contribution in [1.29, 1.82) is 0 Å². The van der Waals surface area contributed by atoms with Gasteiger partial charge in [-0.1, -0.05) is 11.8 Å². The zero-order valence-electron chi connectivity index (χ0n) is 11.5. The van der Waals surface area contributed by atoms with Crippen LogP contribution in [0.2, 0.25) is 0 Å². The number of nitrogens with one attached hydrogen (secondary N) is 1. The van der Waals surface area contributed by atoms with Crippen molar-refractivity contribution in [2.45, 2.75) is 0 Å². The van der Waals surface area contributed by atoms with Crippen LogP contribution in [0, 0.1) is 17.7 Å². The van der Waals surface area contributed by atoms with Crippen LogP contribution in [0.3, 0.4) is 0 Å². The first kappa shape index (κ1) is 14.6. The molecule has 3 nitrogen and oxygen atoms in total. The first-order chi connectivity index (χ1) is 10.2. The molecule has 0 spiro atoms. The molecule has 0 fully saturated rings. The van der Waals surface area contributed by atoms with Crippen molar-refractivity contribution in [3.8, 4) is 17.6 Å². The number of rotatable bonds is 3. The quantitative estimate of drug-likeness (QED) is 0.879. The van der Waals surface area contributed by atoms with Gasteiger partial charge in [-0.2, -0.15) is 0 Å². The van der Waals surface area contributed by atoms with Gasteiger partial charge in [0.25, 0.3) is 5.91 Å². The van der Waals surface area contributed by atoms with Gasteiger partial charge >= 0.3 is 0 Å². The molecule has 0 aliphatic heterocycles. The molecule has 2 aromatic carbocycles. The maximum atomic E-state index is 12.7. The van der Waals surface area contributed by atoms with E-state index in [1.54, 1.807) is 7.11 Å². The third kappa shape index (κ3) is 4.36. The molecule has 1 amide bonds. The number of ether oxygens (including phenoxy) is 1. The highest BCUT2D eigenvalue weighted by Crippen LogP contribution is 2.10. The van der Waals surface area contributed by atoms with E-state index >= 15 is 0 Å². The number of carbonyl (C=O) groups is 1. The maximum Gasteiger partial charge on any atom is 0.252 e. The molecule has 0 aromatic heterocycles. The molecule has 0 bridgehead atoms. The molecule has 2 aromatic rings. The smallest absolute Gasteiger partial charge is 0.252 e. The summed E-state index contributed by atoms with van der Waals surface area (Å²) in [7, 11) is 1.60. The lowest BCUT2D eigenvalue weighted by Gasteiger charge is -2.00. The molecule has 0 unspecified atom stereocenters. The normalized spacial score (nSPS) is 9.43. The number of halogens is 1. The summed E-state index contributed by atoms with van der Waals surface area (Å²) in [6.07, 6.45) is 0. The first-order valence-electron chi connectivity index (χ1n) is 6.36. The van der Waals surface area contributed by atoms with E-state index in [9.17, 15) is 9.18 Å². The Kier molecular flexibility index (Phi) is 4.94. The Balaban J connectivity index is 1.87. The average molecular weight is 283 g/mol. The second-order valence-corrected chi connectivity index (χ2v) is 4.22. The summed E-state index contributed by atoms with van der Waals surface area (Å²) in [6.45, 7) is 0.224. The fraction of sp³-hybridized carbons (Fsp3) is 0.118. The SMILES string of the molecule is COc1ccc(C#CCNC(=O)c2ccc(F)cc2)cc1. The topological polar surface area (TPSA) is 38.3 Å². The van der Waals surface area contributed by atoms with Gasteiger partial charge in [-0.05, 0) is 48.5 Å². The molecule has 2 rings (SSSR count). The van der Waals surface area contributed by atoms with Gasteiger partial charge in [0.2, 0.25) is 0 Å². The van der Waals surface area contributed by atoms with Crippen molar-refractivity contribution in [1.82, 2.24) is 5.32 Å². The number of hydrogen-bond donors (Lipinski definition) is 1. The number of hydrogen-bond acceptors (Lipinski definition) is 2. The lowest BCUT2D eigenvalue weighted by atomic mass is 10.2. The number of carbonyl (C=O) groups excluding carboxylic acids is 1. The summed E-state index contributed by atoms with van der Waals surface area (Å²) in [4.78, 5) is 11.7. The molecular weight excluding hydrogens is 269 g/mol. The van der Waals surface area contributed by atoms with Crippen LogP contribution in [-0.4, -0.2) is 19.6 Å². The van der Waals surface area contributed by atoms with Gasteiger partial charge in [-0.15, -0.1) is 0 Å². The first-order valence-corrected chi connectivity index (χ1v) is 6.36. The van der Waals surface area contributed by atoms with E-state index in [0.29, 0.717) is 5.56 Å². The third-order valence-corrected chi connectivity index (χ3v) is 2.77. The fourth-order valence-corrected chi connectivity index (χ4v) is 1.65. The van der Waals surface area contributed by atoms with Gasteiger partial charge < -0.3 is 10.1 Å². The summed E-state index contributed by atoms with van der Waals surface area (Å²) >= 11 is 0. The van der Waals surface area contributed by atoms with E-state index < -0.39 is 0 Å². The lowest BCUT2D eigenvalue weighted by molar-refractivity contribution is 0.0958. The van der Waals surface area contributed by atoms with E-state index in [1.807, 2.05) is 24.3 Å². The Labute approximate surface area is 122 Å². The van der Waals surface area contributed by atoms with Crippen molar-refractivity contribution in [3.63, 3.8) is 0 Å². The lowest BCUT2D eigenvalue weighted by Crippen LogP contribution is -2.23. The van der Waals surface area contributed by atoms with E-state index in [-0.39, 0.29) is 18.3 Å². The molecule has 1 N–H and O–H groups in total. The summed E-state index contributed by atoms with van der Waals surface area (Å²) in [6, 6.07) is 12.7. The summed E-state index contributed by atoms with van der Waals surface area (Å²) in [5.41, 5.74) is 1.24. The Morgan fingerprint density at radius 3 is 2.43 bits per heavy atom. The van der Waals surface area contributed by atoms with Crippen LogP contribution in [0.25, 0.3) is 0 Å². The number of methoxy groups -OCH3 is 1. The van der Waals surface area contributed by atoms with E-state index in [2.05, 4.69) is 17.2 Å². The second kappa shape index (κ2) is 7.11. The van der Waals surface area contributed by atoms with Gasteiger partial charge in [0.1, 0.15) is 11.6 Å². The van der Waals surface area contributed by atoms with Gasteiger partial charge in [-0.3, -0.25) is 4.79 Å². The standard InChI is InChI=1S/C17H14FNO2/c1-21-16-10-4-13(5-11-16)3-2-12-19-17(20)14-6-8-15(18)9-7-14/h4-11H,12H2,1H3,(H,19,20). The van der Waals surface area contributed by atoms with Crippen LogP contribution in [0.4, 0.5) is 4.39 Å². The molecule has 0 radical (unpaired) electrons. The molecule has 0 saturated heterocycles. The van der Waals surface area contributed by atoms with E-state index in [4.69, 9.17) is 4.74 Å². The summed E-state index contributed by atoms with van der Waals surface area (Å²) < 4.78 is 17.8. The highest BCUT2D eigenvalue weighted by atomic mass is 19.1. The van der Waals surface area contributed by atoms with Crippen molar-refractivity contribution < 1.29 is 13.9 Å². The van der Waals surface area contributed by atoms with Gasteiger partial charge in [-0.25, -0.2) is 4.39 Å². The molecule has 4 heteroatoms. The van der Waals surface area contributed by atoms with Crippen LogP contribution in [0.5, 0.6) is 5.75 Å². The zero-order valence-corrected chi connectivity index (χ0v) is 11.5. The van der Waals surface area contributed by atoms with Crippen molar-refractivity contribution in [2.75, 3.05) is 13.7 Å². The Morgan fingerprint density at radius 1 is 1.14 bits per heavy atom. The molecule has 0 atom stereocenters. The largest absolute Gasteiger partial charge is 0.497 e. The molecule has 0 saturated carbocycles. The third-order valence-electron chi connectivity index (χ3n) is 2.77. The highest BCUT2D eigenvalue weighted by Gasteiger charge is 2.03. The van der Waals surface area contributed by atoms with Gasteiger partial charge in [0.15, 0.2) is 0 Å². The number of benzene rings is 2. The van der Waals surface area contributed by atoms with Crippen LogP contribution < -0.4 is 10.1 Å². The molecule has 21 heavy (non-hydrogen) atoms. The minimum atomic E-state index is -0.370. The van der Waals surface area contributed by atoms with Crippen LogP contribution in [0.15, 0.2) is 48.5 Å². The van der Waals surface area contributed by atoms with Gasteiger partial charge in [0, 0.05) is 11.1 Å². The predicted octanol–water partition coefficient (Wildman–Crippen LogP) is 2.62. The molecule has 106 valence electrons. The molecule has 0 aliphatic carbocycles. The van der Waals surface area contributed by atoms with Crippen LogP contribution in [-0.2, 0) is 0 Å². The predicted molar refractivity (Wildman–Crippen MR) is 78.6 cm³/mol. The van der Waals surface area contributed by atoms with Crippen LogP contribution >= 0.6 is 0 Å². The second-order valence-electron chi connectivity index (χ2n) is 4.22. The van der Waals surface area contributed by atoms with Crippen molar-refractivity contribution >= 4 is 5.91 Å². The average Bonchev–Trinajstić information content (AvgIpc) is 2.52. The summed E-state index contributed by atoms with van der Waals surface area (Å²) in [5, 5.41) is 2.65. The Bertz CT molecular complexity index is 667. The van der Waals surface area contributed by atoms with Gasteiger partial charge in [0.05, 0.1) is 13.7 Å². The summed E-state index contributed by atoms with van der Waals surface area (Å²) in [5.74, 6) is 5.91. The van der Waals surface area contributed by atoms with Crippen LogP contribution in [0.1, 0.15) is 15.9 Å². The van der Waals surface area contributed by atoms with E-state index in [1.165, 1.54) is 24.3 Å². The Hall–Kier alpha value is -2.80. The fourth-order valence-electron chi connectivity index (χ4n) is 1.65.